The number of hydrogen-bond acceptors (Lipinski definition) is 4. The summed E-state index contributed by atoms with van der Waals surface area (Å²) in [6, 6.07) is 14.5. The summed E-state index contributed by atoms with van der Waals surface area (Å²) < 4.78 is 2.22. The Kier molecular flexibility index (Phi) is 3.45. The summed E-state index contributed by atoms with van der Waals surface area (Å²) in [5.41, 5.74) is 1.08. The van der Waals surface area contributed by atoms with Crippen LogP contribution in [-0.4, -0.2) is 37.7 Å². The third-order valence-corrected chi connectivity index (χ3v) is 6.12. The third kappa shape index (κ3) is 2.40. The van der Waals surface area contributed by atoms with Gasteiger partial charge in [0.05, 0.1) is 10.9 Å². The summed E-state index contributed by atoms with van der Waals surface area (Å²) >= 11 is 1.52. The number of rotatable bonds is 2. The fourth-order valence-electron chi connectivity index (χ4n) is 4.10. The van der Waals surface area contributed by atoms with Gasteiger partial charge in [0.1, 0.15) is 5.82 Å². The molecular weight excluding hydrogens is 332 g/mol. The molecule has 3 aromatic rings. The monoisotopic (exact) mass is 350 g/mol. The Labute approximate surface area is 149 Å². The Balaban J connectivity index is 1.51. The van der Waals surface area contributed by atoms with Crippen molar-refractivity contribution in [2.45, 2.75) is 37.9 Å². The number of carbonyl (C=O) groups is 1. The van der Waals surface area contributed by atoms with Gasteiger partial charge in [-0.05, 0) is 24.3 Å². The second-order valence-electron chi connectivity index (χ2n) is 6.70. The van der Waals surface area contributed by atoms with Crippen molar-refractivity contribution in [2.75, 3.05) is 0 Å². The van der Waals surface area contributed by atoms with Crippen molar-refractivity contribution in [3.63, 3.8) is 0 Å². The van der Waals surface area contributed by atoms with E-state index in [9.17, 15) is 4.79 Å². The maximum absolute atomic E-state index is 13.0. The molecule has 0 saturated carbocycles. The van der Waals surface area contributed by atoms with Crippen molar-refractivity contribution < 1.29 is 4.79 Å². The maximum Gasteiger partial charge on any atom is 0.264 e. The van der Waals surface area contributed by atoms with E-state index in [2.05, 4.69) is 31.8 Å². The van der Waals surface area contributed by atoms with Crippen molar-refractivity contribution in [3.05, 3.63) is 58.5 Å². The first-order chi connectivity index (χ1) is 12.3. The standard InChI is InChI=1S/C19H18N4OS/c24-19(16-7-4-10-25-16)23-14-8-9-15(23)12-22-17(11-14)20-21-18(22)13-5-2-1-3-6-13/h1-7,10,14-15H,8-9,11-12H2/t14-,15+/m0/s1. The Bertz CT molecular complexity index is 903. The van der Waals surface area contributed by atoms with Crippen LogP contribution in [0.4, 0.5) is 0 Å². The van der Waals surface area contributed by atoms with Gasteiger partial charge in [0, 0.05) is 24.6 Å². The first-order valence-corrected chi connectivity index (χ1v) is 9.53. The van der Waals surface area contributed by atoms with Crippen molar-refractivity contribution in [1.29, 1.82) is 0 Å². The predicted molar refractivity (Wildman–Crippen MR) is 96.5 cm³/mol. The SMILES string of the molecule is O=C(c1cccs1)N1[C@@H]2CC[C@H]1Cc1nnc(-c3ccccc3)n1C2. The van der Waals surface area contributed by atoms with Gasteiger partial charge in [-0.3, -0.25) is 4.79 Å². The van der Waals surface area contributed by atoms with Crippen molar-refractivity contribution >= 4 is 17.2 Å². The highest BCUT2D eigenvalue weighted by Gasteiger charge is 2.41. The zero-order valence-electron chi connectivity index (χ0n) is 13.7. The Morgan fingerprint density at radius 3 is 2.68 bits per heavy atom. The highest BCUT2D eigenvalue weighted by Crippen LogP contribution is 2.34. The molecule has 25 heavy (non-hydrogen) atoms. The Morgan fingerprint density at radius 1 is 1.04 bits per heavy atom. The molecule has 6 heteroatoms. The zero-order valence-corrected chi connectivity index (χ0v) is 14.5. The van der Waals surface area contributed by atoms with Gasteiger partial charge in [-0.25, -0.2) is 0 Å². The molecule has 126 valence electrons. The second-order valence-corrected chi connectivity index (χ2v) is 7.64. The molecule has 2 aromatic heterocycles. The molecule has 2 aliphatic heterocycles. The van der Waals surface area contributed by atoms with Gasteiger partial charge in [-0.1, -0.05) is 36.4 Å². The highest BCUT2D eigenvalue weighted by atomic mass is 32.1. The summed E-state index contributed by atoms with van der Waals surface area (Å²) in [6.07, 6.45) is 2.89. The first-order valence-electron chi connectivity index (χ1n) is 8.65. The minimum Gasteiger partial charge on any atom is -0.330 e. The van der Waals surface area contributed by atoms with E-state index in [0.29, 0.717) is 0 Å². The molecule has 1 amide bonds. The number of aromatic nitrogens is 3. The normalized spacial score (nSPS) is 21.8. The molecule has 4 heterocycles. The van der Waals surface area contributed by atoms with Crippen LogP contribution in [0.5, 0.6) is 0 Å². The molecule has 2 aliphatic rings. The molecule has 5 rings (SSSR count). The number of benzene rings is 1. The fraction of sp³-hybridized carbons (Fsp3) is 0.316. The van der Waals surface area contributed by atoms with Crippen molar-refractivity contribution in [3.8, 4) is 11.4 Å². The summed E-state index contributed by atoms with van der Waals surface area (Å²) in [7, 11) is 0. The van der Waals surface area contributed by atoms with E-state index in [1.807, 2.05) is 35.7 Å². The van der Waals surface area contributed by atoms with Crippen LogP contribution in [0.3, 0.4) is 0 Å². The van der Waals surface area contributed by atoms with E-state index in [-0.39, 0.29) is 18.0 Å². The molecule has 1 fully saturated rings. The molecule has 5 nitrogen and oxygen atoms in total. The van der Waals surface area contributed by atoms with Gasteiger partial charge in [0.15, 0.2) is 5.82 Å². The Morgan fingerprint density at radius 2 is 1.88 bits per heavy atom. The number of hydrogen-bond donors (Lipinski definition) is 0. The van der Waals surface area contributed by atoms with E-state index in [1.54, 1.807) is 0 Å². The highest BCUT2D eigenvalue weighted by molar-refractivity contribution is 7.12. The van der Waals surface area contributed by atoms with Crippen LogP contribution in [0.25, 0.3) is 11.4 Å². The molecule has 0 radical (unpaired) electrons. The summed E-state index contributed by atoms with van der Waals surface area (Å²) in [5, 5.41) is 10.9. The molecule has 2 bridgehead atoms. The summed E-state index contributed by atoms with van der Waals surface area (Å²) in [5.74, 6) is 2.07. The number of carbonyl (C=O) groups excluding carboxylic acids is 1. The van der Waals surface area contributed by atoms with Gasteiger partial charge in [-0.2, -0.15) is 0 Å². The topological polar surface area (TPSA) is 51.0 Å². The van der Waals surface area contributed by atoms with E-state index in [4.69, 9.17) is 0 Å². The minimum absolute atomic E-state index is 0.169. The zero-order chi connectivity index (χ0) is 16.8. The smallest absolute Gasteiger partial charge is 0.264 e. The number of nitrogens with zero attached hydrogens (tertiary/aromatic N) is 4. The molecule has 1 aromatic carbocycles. The average Bonchev–Trinajstić information content (AvgIpc) is 3.35. The Hall–Kier alpha value is -2.47. The van der Waals surface area contributed by atoms with E-state index in [1.165, 1.54) is 11.3 Å². The van der Waals surface area contributed by atoms with Gasteiger partial charge < -0.3 is 9.47 Å². The number of fused-ring (bicyclic) bond motifs is 3. The fourth-order valence-corrected chi connectivity index (χ4v) is 4.77. The lowest BCUT2D eigenvalue weighted by Crippen LogP contribution is -2.41. The minimum atomic E-state index is 0.169. The van der Waals surface area contributed by atoms with Crippen LogP contribution >= 0.6 is 11.3 Å². The van der Waals surface area contributed by atoms with Gasteiger partial charge >= 0.3 is 0 Å². The van der Waals surface area contributed by atoms with Gasteiger partial charge in [0.25, 0.3) is 5.91 Å². The second kappa shape index (κ2) is 5.81. The van der Waals surface area contributed by atoms with Crippen molar-refractivity contribution in [1.82, 2.24) is 19.7 Å². The number of thiophene rings is 1. The molecule has 0 spiro atoms. The van der Waals surface area contributed by atoms with Crippen LogP contribution in [0.1, 0.15) is 28.3 Å². The largest absolute Gasteiger partial charge is 0.330 e. The molecular formula is C19H18N4OS. The lowest BCUT2D eigenvalue weighted by atomic mass is 10.1. The van der Waals surface area contributed by atoms with Crippen LogP contribution in [0.2, 0.25) is 0 Å². The number of amides is 1. The lowest BCUT2D eigenvalue weighted by Gasteiger charge is -2.27. The van der Waals surface area contributed by atoms with Crippen LogP contribution in [0.15, 0.2) is 47.8 Å². The molecule has 0 unspecified atom stereocenters. The van der Waals surface area contributed by atoms with E-state index < -0.39 is 0 Å². The molecule has 0 aliphatic carbocycles. The van der Waals surface area contributed by atoms with Crippen LogP contribution in [-0.2, 0) is 13.0 Å². The van der Waals surface area contributed by atoms with Crippen LogP contribution in [0, 0.1) is 0 Å². The van der Waals surface area contributed by atoms with E-state index >= 15 is 0 Å². The molecule has 0 N–H and O–H groups in total. The van der Waals surface area contributed by atoms with Crippen molar-refractivity contribution in [2.24, 2.45) is 0 Å². The molecule has 1 saturated heterocycles. The predicted octanol–water partition coefficient (Wildman–Crippen LogP) is 3.24. The third-order valence-electron chi connectivity index (χ3n) is 5.26. The molecule has 2 atom stereocenters. The summed E-state index contributed by atoms with van der Waals surface area (Å²) in [4.78, 5) is 15.9. The first kappa shape index (κ1) is 14.8. The van der Waals surface area contributed by atoms with E-state index in [0.717, 1.165) is 47.9 Å². The quantitative estimate of drug-likeness (QED) is 0.713. The lowest BCUT2D eigenvalue weighted by molar-refractivity contribution is 0.0671. The maximum atomic E-state index is 13.0. The van der Waals surface area contributed by atoms with Gasteiger partial charge in [0.2, 0.25) is 0 Å². The average molecular weight is 350 g/mol. The van der Waals surface area contributed by atoms with Gasteiger partial charge in [-0.15, -0.1) is 21.5 Å². The van der Waals surface area contributed by atoms with Crippen LogP contribution < -0.4 is 0 Å². The summed E-state index contributed by atoms with van der Waals surface area (Å²) in [6.45, 7) is 0.778.